The average molecular weight is 242 g/mol. The molecule has 1 aliphatic rings. The number of hydrazine groups is 1. The summed E-state index contributed by atoms with van der Waals surface area (Å²) in [5, 5.41) is 0. The van der Waals surface area contributed by atoms with E-state index in [4.69, 9.17) is 10.6 Å². The molecule has 1 fully saturated rings. The number of halogens is 2. The van der Waals surface area contributed by atoms with Crippen molar-refractivity contribution in [2.75, 3.05) is 6.61 Å². The van der Waals surface area contributed by atoms with Crippen LogP contribution in [0.1, 0.15) is 24.9 Å². The SMILES string of the molecule is CC1OCCC1C(NN)c1cccc(F)c1F. The maximum atomic E-state index is 13.7. The maximum Gasteiger partial charge on any atom is 0.163 e. The average Bonchev–Trinajstić information content (AvgIpc) is 2.72. The monoisotopic (exact) mass is 242 g/mol. The van der Waals surface area contributed by atoms with Gasteiger partial charge in [-0.05, 0) is 19.4 Å². The van der Waals surface area contributed by atoms with E-state index in [1.54, 1.807) is 6.07 Å². The second kappa shape index (κ2) is 5.08. The van der Waals surface area contributed by atoms with Crippen LogP contribution < -0.4 is 11.3 Å². The molecule has 94 valence electrons. The predicted molar refractivity (Wildman–Crippen MR) is 59.9 cm³/mol. The minimum atomic E-state index is -0.852. The number of benzene rings is 1. The van der Waals surface area contributed by atoms with Gasteiger partial charge in [0.05, 0.1) is 12.1 Å². The fourth-order valence-corrected chi connectivity index (χ4v) is 2.39. The lowest BCUT2D eigenvalue weighted by atomic mass is 9.88. The van der Waals surface area contributed by atoms with Gasteiger partial charge in [-0.25, -0.2) is 8.78 Å². The molecular formula is C12H16F2N2O. The van der Waals surface area contributed by atoms with Gasteiger partial charge >= 0.3 is 0 Å². The van der Waals surface area contributed by atoms with E-state index < -0.39 is 17.7 Å². The lowest BCUT2D eigenvalue weighted by molar-refractivity contribution is 0.0948. The molecule has 0 spiro atoms. The highest BCUT2D eigenvalue weighted by atomic mass is 19.2. The first-order valence-electron chi connectivity index (χ1n) is 5.66. The van der Waals surface area contributed by atoms with Crippen LogP contribution in [0.4, 0.5) is 8.78 Å². The normalized spacial score (nSPS) is 26.1. The van der Waals surface area contributed by atoms with Crippen LogP contribution in [0, 0.1) is 17.6 Å². The van der Waals surface area contributed by atoms with E-state index in [1.807, 2.05) is 6.92 Å². The van der Waals surface area contributed by atoms with Crippen LogP contribution in [0.2, 0.25) is 0 Å². The van der Waals surface area contributed by atoms with Gasteiger partial charge in [-0.1, -0.05) is 12.1 Å². The Hall–Kier alpha value is -1.04. The molecule has 17 heavy (non-hydrogen) atoms. The highest BCUT2D eigenvalue weighted by Gasteiger charge is 2.34. The largest absolute Gasteiger partial charge is 0.378 e. The van der Waals surface area contributed by atoms with Gasteiger partial charge < -0.3 is 4.74 Å². The summed E-state index contributed by atoms with van der Waals surface area (Å²) in [6.45, 7) is 2.54. The Morgan fingerprint density at radius 2 is 2.24 bits per heavy atom. The standard InChI is InChI=1S/C12H16F2N2O/c1-7-8(5-6-17-7)12(16-15)9-3-2-4-10(13)11(9)14/h2-4,7-8,12,16H,5-6,15H2,1H3. The molecule has 1 aromatic rings. The van der Waals surface area contributed by atoms with Crippen molar-refractivity contribution in [3.63, 3.8) is 0 Å². The van der Waals surface area contributed by atoms with E-state index in [2.05, 4.69) is 5.43 Å². The minimum Gasteiger partial charge on any atom is -0.378 e. The number of nitrogens with one attached hydrogen (secondary N) is 1. The van der Waals surface area contributed by atoms with Gasteiger partial charge in [-0.15, -0.1) is 0 Å². The van der Waals surface area contributed by atoms with Crippen LogP contribution in [0.15, 0.2) is 18.2 Å². The summed E-state index contributed by atoms with van der Waals surface area (Å²) in [6.07, 6.45) is 0.769. The first-order valence-corrected chi connectivity index (χ1v) is 5.66. The fraction of sp³-hybridized carbons (Fsp3) is 0.500. The second-order valence-electron chi connectivity index (χ2n) is 4.32. The molecule has 1 heterocycles. The van der Waals surface area contributed by atoms with Crippen LogP contribution >= 0.6 is 0 Å². The maximum absolute atomic E-state index is 13.7. The van der Waals surface area contributed by atoms with E-state index in [1.165, 1.54) is 6.07 Å². The molecule has 3 atom stereocenters. The Morgan fingerprint density at radius 3 is 2.82 bits per heavy atom. The Kier molecular flexibility index (Phi) is 3.71. The first kappa shape index (κ1) is 12.4. The van der Waals surface area contributed by atoms with Gasteiger partial charge in [0.2, 0.25) is 0 Å². The lowest BCUT2D eigenvalue weighted by Gasteiger charge is -2.25. The van der Waals surface area contributed by atoms with Crippen molar-refractivity contribution in [1.29, 1.82) is 0 Å². The van der Waals surface area contributed by atoms with Gasteiger partial charge in [0, 0.05) is 18.1 Å². The lowest BCUT2D eigenvalue weighted by Crippen LogP contribution is -2.36. The number of hydrogen-bond acceptors (Lipinski definition) is 3. The summed E-state index contributed by atoms with van der Waals surface area (Å²) in [4.78, 5) is 0. The van der Waals surface area contributed by atoms with Gasteiger partial charge in [-0.2, -0.15) is 0 Å². The predicted octanol–water partition coefficient (Wildman–Crippen LogP) is 1.89. The van der Waals surface area contributed by atoms with E-state index in [0.717, 1.165) is 12.5 Å². The number of hydrogen-bond donors (Lipinski definition) is 2. The molecule has 1 aromatic carbocycles. The van der Waals surface area contributed by atoms with Crippen LogP contribution in [0.25, 0.3) is 0 Å². The molecule has 5 heteroatoms. The zero-order valence-corrected chi connectivity index (χ0v) is 9.62. The Bertz CT molecular complexity index is 400. The molecular weight excluding hydrogens is 226 g/mol. The van der Waals surface area contributed by atoms with Crippen LogP contribution in [0.5, 0.6) is 0 Å². The Labute approximate surface area is 98.9 Å². The third-order valence-corrected chi connectivity index (χ3v) is 3.36. The fourth-order valence-electron chi connectivity index (χ4n) is 2.39. The molecule has 0 bridgehead atoms. The van der Waals surface area contributed by atoms with Crippen molar-refractivity contribution in [2.45, 2.75) is 25.5 Å². The molecule has 1 aliphatic heterocycles. The molecule has 1 saturated heterocycles. The third kappa shape index (κ3) is 2.31. The summed E-state index contributed by atoms with van der Waals surface area (Å²) in [5.41, 5.74) is 2.83. The Morgan fingerprint density at radius 1 is 1.47 bits per heavy atom. The molecule has 3 unspecified atom stereocenters. The summed E-state index contributed by atoms with van der Waals surface area (Å²) < 4.78 is 32.3. The van der Waals surface area contributed by atoms with Crippen molar-refractivity contribution in [1.82, 2.24) is 5.43 Å². The molecule has 0 saturated carbocycles. The van der Waals surface area contributed by atoms with Crippen molar-refractivity contribution < 1.29 is 13.5 Å². The third-order valence-electron chi connectivity index (χ3n) is 3.36. The van der Waals surface area contributed by atoms with Crippen LogP contribution in [0.3, 0.4) is 0 Å². The highest BCUT2D eigenvalue weighted by Crippen LogP contribution is 2.34. The van der Waals surface area contributed by atoms with Crippen molar-refractivity contribution in [2.24, 2.45) is 11.8 Å². The molecule has 0 amide bonds. The molecule has 3 nitrogen and oxygen atoms in total. The van der Waals surface area contributed by atoms with Crippen molar-refractivity contribution in [3.8, 4) is 0 Å². The second-order valence-corrected chi connectivity index (χ2v) is 4.32. The zero-order valence-electron chi connectivity index (χ0n) is 9.62. The highest BCUT2D eigenvalue weighted by molar-refractivity contribution is 5.23. The van der Waals surface area contributed by atoms with Crippen LogP contribution in [-0.2, 0) is 4.74 Å². The van der Waals surface area contributed by atoms with Gasteiger partial charge in [0.1, 0.15) is 0 Å². The summed E-state index contributed by atoms with van der Waals surface area (Å²) in [7, 11) is 0. The topological polar surface area (TPSA) is 47.3 Å². The van der Waals surface area contributed by atoms with Crippen molar-refractivity contribution in [3.05, 3.63) is 35.4 Å². The van der Waals surface area contributed by atoms with E-state index in [0.29, 0.717) is 6.61 Å². The van der Waals surface area contributed by atoms with Crippen molar-refractivity contribution >= 4 is 0 Å². The summed E-state index contributed by atoms with van der Waals surface area (Å²) in [6, 6.07) is 3.70. The first-order chi connectivity index (χ1) is 8.15. The van der Waals surface area contributed by atoms with Gasteiger partial charge in [0.25, 0.3) is 0 Å². The minimum absolute atomic E-state index is 0.0151. The van der Waals surface area contributed by atoms with Gasteiger partial charge in [0.15, 0.2) is 11.6 Å². The number of rotatable bonds is 3. The summed E-state index contributed by atoms with van der Waals surface area (Å²) >= 11 is 0. The van der Waals surface area contributed by atoms with E-state index in [9.17, 15) is 8.78 Å². The number of nitrogens with two attached hydrogens (primary N) is 1. The van der Waals surface area contributed by atoms with E-state index >= 15 is 0 Å². The van der Waals surface area contributed by atoms with Crippen LogP contribution in [-0.4, -0.2) is 12.7 Å². The molecule has 2 rings (SSSR count). The molecule has 3 N–H and O–H groups in total. The zero-order chi connectivity index (χ0) is 12.4. The smallest absolute Gasteiger partial charge is 0.163 e. The quantitative estimate of drug-likeness (QED) is 0.628. The molecule has 0 radical (unpaired) electrons. The van der Waals surface area contributed by atoms with E-state index in [-0.39, 0.29) is 17.6 Å². The molecule has 0 aliphatic carbocycles. The molecule has 0 aromatic heterocycles. The number of ether oxygens (including phenoxy) is 1. The Balaban J connectivity index is 2.31. The van der Waals surface area contributed by atoms with Gasteiger partial charge in [-0.3, -0.25) is 11.3 Å². The summed E-state index contributed by atoms with van der Waals surface area (Å²) in [5.74, 6) is 3.83.